The van der Waals surface area contributed by atoms with Crippen molar-refractivity contribution in [2.75, 3.05) is 10.6 Å². The second-order valence-electron chi connectivity index (χ2n) is 5.82. The summed E-state index contributed by atoms with van der Waals surface area (Å²) in [6.45, 7) is 1.68. The van der Waals surface area contributed by atoms with E-state index in [4.69, 9.17) is 0 Å². The molecule has 0 aliphatic carbocycles. The lowest BCUT2D eigenvalue weighted by Crippen LogP contribution is -2.15. The van der Waals surface area contributed by atoms with Crippen molar-refractivity contribution in [2.24, 2.45) is 0 Å². The fourth-order valence-electron chi connectivity index (χ4n) is 2.42. The van der Waals surface area contributed by atoms with E-state index in [-0.39, 0.29) is 23.8 Å². The van der Waals surface area contributed by atoms with Crippen LogP contribution in [-0.4, -0.2) is 21.7 Å². The Bertz CT molecular complexity index is 991. The van der Waals surface area contributed by atoms with Gasteiger partial charge in [-0.05, 0) is 25.1 Å². The number of halogens is 1. The Balaban J connectivity index is 1.69. The summed E-state index contributed by atoms with van der Waals surface area (Å²) in [4.78, 5) is 31.8. The number of hydrogen-bond donors (Lipinski definition) is 2. The third-order valence-corrected chi connectivity index (χ3v) is 3.84. The molecule has 1 aromatic heterocycles. The maximum atomic E-state index is 13.7. The molecule has 0 atom stereocenters. The van der Waals surface area contributed by atoms with Crippen LogP contribution in [0.3, 0.4) is 0 Å². The highest BCUT2D eigenvalue weighted by Gasteiger charge is 2.11. The molecule has 0 aliphatic heterocycles. The second kappa shape index (κ2) is 8.18. The van der Waals surface area contributed by atoms with Crippen molar-refractivity contribution in [3.05, 3.63) is 83.6 Å². The highest BCUT2D eigenvalue weighted by molar-refractivity contribution is 6.04. The van der Waals surface area contributed by atoms with Gasteiger partial charge in [0.1, 0.15) is 23.7 Å². The number of anilines is 2. The van der Waals surface area contributed by atoms with E-state index in [0.717, 1.165) is 0 Å². The molecule has 3 aromatic rings. The maximum absolute atomic E-state index is 13.7. The molecule has 1 amide bonds. The third kappa shape index (κ3) is 4.72. The average molecular weight is 364 g/mol. The SMILES string of the molecule is CC(=O)c1cccc(NC(=O)c2cc(NCc3ccccc3F)ncn2)c1. The van der Waals surface area contributed by atoms with Crippen LogP contribution in [-0.2, 0) is 6.54 Å². The minimum absolute atomic E-state index is 0.0900. The first-order chi connectivity index (χ1) is 13.0. The van der Waals surface area contributed by atoms with Gasteiger partial charge in [0, 0.05) is 29.4 Å². The first-order valence-corrected chi connectivity index (χ1v) is 8.24. The molecule has 0 bridgehead atoms. The number of amides is 1. The van der Waals surface area contributed by atoms with Crippen LogP contribution in [0.15, 0.2) is 60.9 Å². The number of aromatic nitrogens is 2. The molecule has 0 unspecified atom stereocenters. The van der Waals surface area contributed by atoms with Crippen LogP contribution in [0.4, 0.5) is 15.9 Å². The van der Waals surface area contributed by atoms with Crippen molar-refractivity contribution in [2.45, 2.75) is 13.5 Å². The molecule has 27 heavy (non-hydrogen) atoms. The first kappa shape index (κ1) is 18.2. The monoisotopic (exact) mass is 364 g/mol. The largest absolute Gasteiger partial charge is 0.366 e. The summed E-state index contributed by atoms with van der Waals surface area (Å²) in [6, 6.07) is 14.5. The third-order valence-electron chi connectivity index (χ3n) is 3.84. The predicted molar refractivity (Wildman–Crippen MR) is 100 cm³/mol. The molecular formula is C20H17FN4O2. The molecule has 136 valence electrons. The average Bonchev–Trinajstić information content (AvgIpc) is 2.68. The van der Waals surface area contributed by atoms with Gasteiger partial charge in [0.15, 0.2) is 5.78 Å². The minimum Gasteiger partial charge on any atom is -0.366 e. The van der Waals surface area contributed by atoms with Gasteiger partial charge in [-0.2, -0.15) is 0 Å². The van der Waals surface area contributed by atoms with Gasteiger partial charge in [-0.15, -0.1) is 0 Å². The van der Waals surface area contributed by atoms with E-state index in [0.29, 0.717) is 22.6 Å². The molecule has 7 heteroatoms. The highest BCUT2D eigenvalue weighted by atomic mass is 19.1. The van der Waals surface area contributed by atoms with E-state index in [1.807, 2.05) is 0 Å². The molecule has 0 radical (unpaired) electrons. The number of nitrogens with one attached hydrogen (secondary N) is 2. The first-order valence-electron chi connectivity index (χ1n) is 8.24. The van der Waals surface area contributed by atoms with Crippen molar-refractivity contribution in [1.82, 2.24) is 9.97 Å². The summed E-state index contributed by atoms with van der Waals surface area (Å²) in [7, 11) is 0. The highest BCUT2D eigenvalue weighted by Crippen LogP contribution is 2.14. The summed E-state index contributed by atoms with van der Waals surface area (Å²) >= 11 is 0. The number of carbonyl (C=O) groups excluding carboxylic acids is 2. The van der Waals surface area contributed by atoms with Crippen LogP contribution in [0.2, 0.25) is 0 Å². The zero-order valence-electron chi connectivity index (χ0n) is 14.6. The fraction of sp³-hybridized carbons (Fsp3) is 0.100. The lowest BCUT2D eigenvalue weighted by atomic mass is 10.1. The van der Waals surface area contributed by atoms with Crippen LogP contribution in [0.25, 0.3) is 0 Å². The Morgan fingerprint density at radius 3 is 2.63 bits per heavy atom. The van der Waals surface area contributed by atoms with E-state index < -0.39 is 5.91 Å². The molecular weight excluding hydrogens is 347 g/mol. The fourth-order valence-corrected chi connectivity index (χ4v) is 2.42. The molecule has 0 aliphatic rings. The number of benzene rings is 2. The van der Waals surface area contributed by atoms with Gasteiger partial charge in [0.2, 0.25) is 0 Å². The number of rotatable bonds is 6. The molecule has 0 fully saturated rings. The normalized spacial score (nSPS) is 10.3. The van der Waals surface area contributed by atoms with Gasteiger partial charge in [0.25, 0.3) is 5.91 Å². The Morgan fingerprint density at radius 2 is 1.85 bits per heavy atom. The standard InChI is InChI=1S/C20H17FN4O2/c1-13(26)14-6-4-7-16(9-14)25-20(27)18-10-19(24-12-23-18)22-11-15-5-2-3-8-17(15)21/h2-10,12H,11H2,1H3,(H,25,27)(H,22,23,24). The van der Waals surface area contributed by atoms with Crippen LogP contribution in [0.1, 0.15) is 33.3 Å². The van der Waals surface area contributed by atoms with Crippen molar-refractivity contribution >= 4 is 23.2 Å². The Labute approximate surface area is 155 Å². The number of nitrogens with zero attached hydrogens (tertiary/aromatic N) is 2. The van der Waals surface area contributed by atoms with Crippen molar-refractivity contribution in [3.8, 4) is 0 Å². The lowest BCUT2D eigenvalue weighted by Gasteiger charge is -2.09. The van der Waals surface area contributed by atoms with Crippen molar-refractivity contribution in [1.29, 1.82) is 0 Å². The lowest BCUT2D eigenvalue weighted by molar-refractivity contribution is 0.100. The molecule has 2 N–H and O–H groups in total. The number of carbonyl (C=O) groups is 2. The number of ketones is 1. The van der Waals surface area contributed by atoms with Gasteiger partial charge in [-0.1, -0.05) is 30.3 Å². The second-order valence-corrected chi connectivity index (χ2v) is 5.82. The van der Waals surface area contributed by atoms with E-state index >= 15 is 0 Å². The summed E-state index contributed by atoms with van der Waals surface area (Å²) < 4.78 is 13.7. The summed E-state index contributed by atoms with van der Waals surface area (Å²) in [5.74, 6) is -0.446. The van der Waals surface area contributed by atoms with Crippen LogP contribution < -0.4 is 10.6 Å². The van der Waals surface area contributed by atoms with E-state index in [1.54, 1.807) is 42.5 Å². The Morgan fingerprint density at radius 1 is 1.04 bits per heavy atom. The van der Waals surface area contributed by atoms with E-state index in [1.165, 1.54) is 25.4 Å². The predicted octanol–water partition coefficient (Wildman–Crippen LogP) is 3.68. The van der Waals surface area contributed by atoms with Crippen molar-refractivity contribution < 1.29 is 14.0 Å². The molecule has 3 rings (SSSR count). The Hall–Kier alpha value is -3.61. The summed E-state index contributed by atoms with van der Waals surface area (Å²) in [5.41, 5.74) is 1.63. The van der Waals surface area contributed by atoms with Gasteiger partial charge in [-0.3, -0.25) is 9.59 Å². The maximum Gasteiger partial charge on any atom is 0.274 e. The molecule has 0 spiro atoms. The van der Waals surface area contributed by atoms with Gasteiger partial charge < -0.3 is 10.6 Å². The summed E-state index contributed by atoms with van der Waals surface area (Å²) in [5, 5.41) is 5.66. The zero-order valence-corrected chi connectivity index (χ0v) is 14.6. The van der Waals surface area contributed by atoms with Gasteiger partial charge >= 0.3 is 0 Å². The molecule has 0 saturated heterocycles. The number of hydrogen-bond acceptors (Lipinski definition) is 5. The molecule has 1 heterocycles. The quantitative estimate of drug-likeness (QED) is 0.652. The van der Waals surface area contributed by atoms with Gasteiger partial charge in [-0.25, -0.2) is 14.4 Å². The minimum atomic E-state index is -0.438. The Kier molecular flexibility index (Phi) is 5.51. The smallest absolute Gasteiger partial charge is 0.274 e. The van der Waals surface area contributed by atoms with Crippen LogP contribution >= 0.6 is 0 Å². The molecule has 0 saturated carbocycles. The zero-order chi connectivity index (χ0) is 19.2. The molecule has 2 aromatic carbocycles. The van der Waals surface area contributed by atoms with Gasteiger partial charge in [0.05, 0.1) is 0 Å². The summed E-state index contributed by atoms with van der Waals surface area (Å²) in [6.07, 6.45) is 1.25. The van der Waals surface area contributed by atoms with Crippen LogP contribution in [0, 0.1) is 5.82 Å². The van der Waals surface area contributed by atoms with Crippen molar-refractivity contribution in [3.63, 3.8) is 0 Å². The molecule has 6 nitrogen and oxygen atoms in total. The van der Waals surface area contributed by atoms with E-state index in [9.17, 15) is 14.0 Å². The number of Topliss-reactive ketones (excluding diaryl/α,β-unsaturated/α-hetero) is 1. The van der Waals surface area contributed by atoms with Crippen LogP contribution in [0.5, 0.6) is 0 Å². The van der Waals surface area contributed by atoms with E-state index in [2.05, 4.69) is 20.6 Å². The topological polar surface area (TPSA) is 84.0 Å².